The van der Waals surface area contributed by atoms with Crippen molar-refractivity contribution in [3.8, 4) is 0 Å². The molecule has 0 amide bonds. The lowest BCUT2D eigenvalue weighted by Gasteiger charge is -2.41. The molecule has 108 valence electrons. The standard InChI is InChI=1S/C12H17BrO6/c1-5-9(6(2)14)19-12(13)11(18-8(4)16)10(5)17-7(3)15/h5,9-12H,1-4H3/t5-,9+,10+,11-,12-/m1/s1. The first-order valence-electron chi connectivity index (χ1n) is 5.88. The fourth-order valence-electron chi connectivity index (χ4n) is 2.11. The summed E-state index contributed by atoms with van der Waals surface area (Å²) in [5.74, 6) is -1.59. The molecule has 19 heavy (non-hydrogen) atoms. The molecule has 0 N–H and O–H groups in total. The van der Waals surface area contributed by atoms with Gasteiger partial charge in [0.25, 0.3) is 0 Å². The van der Waals surface area contributed by atoms with Crippen molar-refractivity contribution < 1.29 is 28.6 Å². The number of alkyl halides is 1. The van der Waals surface area contributed by atoms with Gasteiger partial charge in [0, 0.05) is 19.8 Å². The molecule has 0 aliphatic carbocycles. The van der Waals surface area contributed by atoms with Gasteiger partial charge >= 0.3 is 11.9 Å². The zero-order valence-electron chi connectivity index (χ0n) is 11.2. The van der Waals surface area contributed by atoms with Crippen molar-refractivity contribution in [3.63, 3.8) is 0 Å². The zero-order chi connectivity index (χ0) is 14.7. The number of halogens is 1. The molecule has 1 aliphatic rings. The summed E-state index contributed by atoms with van der Waals surface area (Å²) in [5.41, 5.74) is 0. The molecule has 6 nitrogen and oxygen atoms in total. The Bertz CT molecular complexity index is 382. The maximum atomic E-state index is 11.5. The average molecular weight is 337 g/mol. The number of rotatable bonds is 3. The van der Waals surface area contributed by atoms with E-state index in [1.807, 2.05) is 0 Å². The van der Waals surface area contributed by atoms with Gasteiger partial charge in [0.15, 0.2) is 16.9 Å². The average Bonchev–Trinajstić information content (AvgIpc) is 2.26. The Labute approximate surface area is 119 Å². The third-order valence-electron chi connectivity index (χ3n) is 2.86. The van der Waals surface area contributed by atoms with Crippen LogP contribution in [-0.2, 0) is 28.6 Å². The third kappa shape index (κ3) is 4.01. The minimum Gasteiger partial charge on any atom is -0.458 e. The molecule has 1 saturated heterocycles. The number of carbonyl (C=O) groups excluding carboxylic acids is 3. The van der Waals surface area contributed by atoms with Crippen LogP contribution in [0.5, 0.6) is 0 Å². The van der Waals surface area contributed by atoms with Crippen LogP contribution in [0.25, 0.3) is 0 Å². The van der Waals surface area contributed by atoms with Gasteiger partial charge in [-0.05, 0) is 6.92 Å². The van der Waals surface area contributed by atoms with E-state index in [-0.39, 0.29) is 5.78 Å². The highest BCUT2D eigenvalue weighted by molar-refractivity contribution is 9.09. The summed E-state index contributed by atoms with van der Waals surface area (Å²) < 4.78 is 15.8. The van der Waals surface area contributed by atoms with Crippen LogP contribution < -0.4 is 0 Å². The van der Waals surface area contributed by atoms with Gasteiger partial charge in [0.1, 0.15) is 12.2 Å². The van der Waals surface area contributed by atoms with Crippen molar-refractivity contribution in [3.05, 3.63) is 0 Å². The minimum absolute atomic E-state index is 0.171. The van der Waals surface area contributed by atoms with Crippen LogP contribution in [0.2, 0.25) is 0 Å². The molecule has 0 aromatic rings. The van der Waals surface area contributed by atoms with Crippen molar-refractivity contribution in [1.82, 2.24) is 0 Å². The molecule has 0 spiro atoms. The molecule has 1 heterocycles. The van der Waals surface area contributed by atoms with Crippen LogP contribution in [0.3, 0.4) is 0 Å². The number of carbonyl (C=O) groups is 3. The lowest BCUT2D eigenvalue weighted by molar-refractivity contribution is -0.205. The molecule has 0 aromatic carbocycles. The van der Waals surface area contributed by atoms with E-state index < -0.39 is 41.2 Å². The van der Waals surface area contributed by atoms with Crippen molar-refractivity contribution >= 4 is 33.7 Å². The lowest BCUT2D eigenvalue weighted by Crippen LogP contribution is -2.56. The molecule has 0 saturated carbocycles. The summed E-state index contributed by atoms with van der Waals surface area (Å²) >= 11 is 3.21. The first kappa shape index (κ1) is 16.1. The van der Waals surface area contributed by atoms with E-state index in [1.54, 1.807) is 6.92 Å². The number of hydrogen-bond acceptors (Lipinski definition) is 6. The van der Waals surface area contributed by atoms with Gasteiger partial charge in [-0.1, -0.05) is 22.9 Å². The third-order valence-corrected chi connectivity index (χ3v) is 3.60. The van der Waals surface area contributed by atoms with E-state index in [9.17, 15) is 14.4 Å². The first-order valence-corrected chi connectivity index (χ1v) is 6.80. The van der Waals surface area contributed by atoms with Gasteiger partial charge in [-0.25, -0.2) is 0 Å². The Morgan fingerprint density at radius 1 is 1.00 bits per heavy atom. The molecular formula is C12H17BrO6. The Balaban J connectivity index is 2.98. The predicted octanol–water partition coefficient (Wildman–Crippen LogP) is 1.19. The summed E-state index contributed by atoms with van der Waals surface area (Å²) in [6.07, 6.45) is -2.22. The largest absolute Gasteiger partial charge is 0.458 e. The molecular weight excluding hydrogens is 320 g/mol. The molecule has 5 atom stereocenters. The highest BCUT2D eigenvalue weighted by atomic mass is 79.9. The molecule has 0 aromatic heterocycles. The van der Waals surface area contributed by atoms with Gasteiger partial charge < -0.3 is 14.2 Å². The summed E-state index contributed by atoms with van der Waals surface area (Å²) in [5, 5.41) is -0.703. The molecule has 0 radical (unpaired) electrons. The Morgan fingerprint density at radius 2 is 1.47 bits per heavy atom. The van der Waals surface area contributed by atoms with Gasteiger partial charge in [0.2, 0.25) is 0 Å². The van der Waals surface area contributed by atoms with Gasteiger partial charge in [-0.3, -0.25) is 14.4 Å². The van der Waals surface area contributed by atoms with Crippen LogP contribution in [0.1, 0.15) is 27.7 Å². The Kier molecular flexibility index (Phi) is 5.49. The number of ketones is 1. The molecule has 1 aliphatic heterocycles. The van der Waals surface area contributed by atoms with Crippen molar-refractivity contribution in [2.75, 3.05) is 0 Å². The van der Waals surface area contributed by atoms with Crippen molar-refractivity contribution in [2.45, 2.75) is 51.0 Å². The number of Topliss-reactive ketones (excluding diaryl/α,β-unsaturated/α-hetero) is 1. The summed E-state index contributed by atoms with van der Waals surface area (Å²) in [7, 11) is 0. The number of esters is 2. The quantitative estimate of drug-likeness (QED) is 0.569. The van der Waals surface area contributed by atoms with Crippen molar-refractivity contribution in [1.29, 1.82) is 0 Å². The zero-order valence-corrected chi connectivity index (χ0v) is 12.8. The number of ether oxygens (including phenoxy) is 3. The fraction of sp³-hybridized carbons (Fsp3) is 0.750. The van der Waals surface area contributed by atoms with Crippen LogP contribution >= 0.6 is 15.9 Å². The molecule has 7 heteroatoms. The summed E-state index contributed by atoms with van der Waals surface area (Å²) in [6, 6.07) is 0. The van der Waals surface area contributed by atoms with Crippen LogP contribution in [-0.4, -0.2) is 41.0 Å². The van der Waals surface area contributed by atoms with Crippen LogP contribution in [0.4, 0.5) is 0 Å². The first-order chi connectivity index (χ1) is 8.73. The highest BCUT2D eigenvalue weighted by Gasteiger charge is 2.48. The van der Waals surface area contributed by atoms with E-state index in [1.165, 1.54) is 20.8 Å². The predicted molar refractivity (Wildman–Crippen MR) is 68.5 cm³/mol. The number of hydrogen-bond donors (Lipinski definition) is 0. The van der Waals surface area contributed by atoms with E-state index in [4.69, 9.17) is 14.2 Å². The van der Waals surface area contributed by atoms with Gasteiger partial charge in [-0.2, -0.15) is 0 Å². The van der Waals surface area contributed by atoms with E-state index in [0.717, 1.165) is 0 Å². The van der Waals surface area contributed by atoms with Crippen LogP contribution in [0, 0.1) is 5.92 Å². The summed E-state index contributed by atoms with van der Waals surface area (Å²) in [4.78, 5) is 33.8. The smallest absolute Gasteiger partial charge is 0.303 e. The SMILES string of the molecule is CC(=O)O[C@@H]1[C@@H](OC(C)=O)[C@H](C)[C@@H](C(C)=O)O[C@H]1Br. The monoisotopic (exact) mass is 336 g/mol. The molecule has 0 unspecified atom stereocenters. The summed E-state index contributed by atoms with van der Waals surface area (Å²) in [6.45, 7) is 5.64. The van der Waals surface area contributed by atoms with E-state index in [0.29, 0.717) is 0 Å². The Morgan fingerprint density at radius 3 is 1.89 bits per heavy atom. The molecule has 0 bridgehead atoms. The van der Waals surface area contributed by atoms with E-state index >= 15 is 0 Å². The fourth-order valence-corrected chi connectivity index (χ4v) is 2.75. The normalized spacial score (nSPS) is 34.5. The minimum atomic E-state index is -0.785. The van der Waals surface area contributed by atoms with Gasteiger partial charge in [-0.15, -0.1) is 0 Å². The second-order valence-corrected chi connectivity index (χ2v) is 5.43. The molecule has 1 fully saturated rings. The Hall–Kier alpha value is -0.950. The lowest BCUT2D eigenvalue weighted by atomic mass is 9.89. The topological polar surface area (TPSA) is 78.9 Å². The molecule has 1 rings (SSSR count). The second-order valence-electron chi connectivity index (χ2n) is 4.53. The van der Waals surface area contributed by atoms with Gasteiger partial charge in [0.05, 0.1) is 0 Å². The van der Waals surface area contributed by atoms with Crippen molar-refractivity contribution in [2.24, 2.45) is 5.92 Å². The van der Waals surface area contributed by atoms with E-state index in [2.05, 4.69) is 15.9 Å². The maximum Gasteiger partial charge on any atom is 0.303 e. The highest BCUT2D eigenvalue weighted by Crippen LogP contribution is 2.33. The second kappa shape index (κ2) is 6.47. The van der Waals surface area contributed by atoms with Crippen LogP contribution in [0.15, 0.2) is 0 Å². The maximum absolute atomic E-state index is 11.5.